The van der Waals surface area contributed by atoms with E-state index in [0.717, 1.165) is 0 Å². The van der Waals surface area contributed by atoms with Gasteiger partial charge >= 0.3 is 0 Å². The quantitative estimate of drug-likeness (QED) is 0.162. The number of hydrazine groups is 4. The third-order valence-electron chi connectivity index (χ3n) is 4.93. The number of azide groups is 2. The van der Waals surface area contributed by atoms with Gasteiger partial charge in [-0.2, -0.15) is 0 Å². The van der Waals surface area contributed by atoms with Crippen molar-refractivity contribution in [1.29, 1.82) is 0 Å². The van der Waals surface area contributed by atoms with Crippen LogP contribution in [-0.4, -0.2) is 49.2 Å². The minimum Gasteiger partial charge on any atom is -0.204 e. The number of benzene rings is 2. The molecule has 0 aromatic heterocycles. The lowest BCUT2D eigenvalue weighted by Crippen LogP contribution is -2.73. The topological polar surface area (TPSA) is 179 Å². The largest absolute Gasteiger partial charge is 0.278 e. The number of hydrogen-bond acceptors (Lipinski definition) is 8. The molecule has 3 saturated heterocycles. The highest BCUT2D eigenvalue weighted by Crippen LogP contribution is 2.44. The van der Waals surface area contributed by atoms with Gasteiger partial charge in [-0.05, 0) is 20.1 Å². The van der Waals surface area contributed by atoms with Crippen molar-refractivity contribution in [2.24, 2.45) is 10.2 Å². The molecule has 0 unspecified atom stereocenters. The molecule has 38 heavy (non-hydrogen) atoms. The molecule has 24 heteroatoms. The van der Waals surface area contributed by atoms with E-state index in [4.69, 9.17) is 11.1 Å². The summed E-state index contributed by atoms with van der Waals surface area (Å²) in [6.45, 7) is -1.46. The van der Waals surface area contributed by atoms with E-state index >= 15 is 0 Å². The zero-order valence-corrected chi connectivity index (χ0v) is 19.0. The van der Waals surface area contributed by atoms with Crippen molar-refractivity contribution in [3.63, 3.8) is 0 Å². The van der Waals surface area contributed by atoms with Crippen LogP contribution < -0.4 is 0 Å². The first kappa shape index (κ1) is 27.3. The fourth-order valence-corrected chi connectivity index (χ4v) is 6.72. The van der Waals surface area contributed by atoms with Gasteiger partial charge in [-0.3, -0.25) is 0 Å². The molecule has 0 aliphatic carbocycles. The molecule has 0 spiro atoms. The zero-order chi connectivity index (χ0) is 28.5. The SMILES string of the molecule is [N-]=[N+]=Nc1c(F)c(F)c(S(=O)(=O)N2N3CCN2N3S(=O)(=O)c2c(F)c(F)c(N=[N+]=[N-])c(F)c2F)c(F)c1F. The van der Waals surface area contributed by atoms with Gasteiger partial charge in [0.25, 0.3) is 20.0 Å². The summed E-state index contributed by atoms with van der Waals surface area (Å²) in [5, 5.41) is 4.80. The lowest BCUT2D eigenvalue weighted by Gasteiger charge is -2.49. The Balaban J connectivity index is 1.82. The molecular formula is C14H4F8N10O4S2. The molecule has 3 aliphatic heterocycles. The fourth-order valence-electron chi connectivity index (χ4n) is 3.44. The Labute approximate surface area is 203 Å². The molecule has 2 aromatic carbocycles. The van der Waals surface area contributed by atoms with Crippen LogP contribution in [0.2, 0.25) is 0 Å². The maximum Gasteiger partial charge on any atom is 0.278 e. The van der Waals surface area contributed by atoms with Crippen LogP contribution in [0.1, 0.15) is 0 Å². The van der Waals surface area contributed by atoms with Crippen molar-refractivity contribution in [2.45, 2.75) is 9.79 Å². The second-order valence-corrected chi connectivity index (χ2v) is 10.3. The maximum atomic E-state index is 14.5. The highest BCUT2D eigenvalue weighted by atomic mass is 32.2. The van der Waals surface area contributed by atoms with Crippen molar-refractivity contribution in [1.82, 2.24) is 19.3 Å². The molecule has 202 valence electrons. The lowest BCUT2D eigenvalue weighted by molar-refractivity contribution is -0.359. The van der Waals surface area contributed by atoms with Crippen LogP contribution in [0, 0.1) is 46.5 Å². The first-order chi connectivity index (χ1) is 17.7. The molecule has 0 radical (unpaired) electrons. The van der Waals surface area contributed by atoms with E-state index in [1.807, 2.05) is 9.82 Å². The van der Waals surface area contributed by atoms with Crippen LogP contribution >= 0.6 is 0 Å². The summed E-state index contributed by atoms with van der Waals surface area (Å²) in [6, 6.07) is 0. The third kappa shape index (κ3) is 3.47. The van der Waals surface area contributed by atoms with Crippen LogP contribution in [-0.2, 0) is 20.0 Å². The van der Waals surface area contributed by atoms with Crippen LogP contribution in [0.4, 0.5) is 46.5 Å². The molecule has 0 saturated carbocycles. The molecule has 5 rings (SSSR count). The van der Waals surface area contributed by atoms with Crippen molar-refractivity contribution < 1.29 is 52.0 Å². The maximum absolute atomic E-state index is 14.5. The second kappa shape index (κ2) is 8.92. The highest BCUT2D eigenvalue weighted by Gasteiger charge is 2.63. The Morgan fingerprint density at radius 1 is 0.553 bits per heavy atom. The van der Waals surface area contributed by atoms with Crippen molar-refractivity contribution >= 4 is 31.4 Å². The predicted molar refractivity (Wildman–Crippen MR) is 102 cm³/mol. The van der Waals surface area contributed by atoms with Crippen LogP contribution in [0.15, 0.2) is 20.0 Å². The number of rotatable bonds is 6. The van der Waals surface area contributed by atoms with Crippen LogP contribution in [0.3, 0.4) is 0 Å². The molecule has 14 nitrogen and oxygen atoms in total. The van der Waals surface area contributed by atoms with Crippen LogP contribution in [0.5, 0.6) is 0 Å². The van der Waals surface area contributed by atoms with Gasteiger partial charge in [0.15, 0.2) is 56.3 Å². The van der Waals surface area contributed by atoms with E-state index in [2.05, 4.69) is 10.2 Å². The standard InChI is InChI=1S/C14H4F8N10O4S2/c15-3-7(19)13(8(20)4(16)11(3)25-27-23)37(33,34)31-29-1-2-30(31)32(29)38(35,36)14-9(21)5(17)12(26-28-24)6(18)10(14)22/h1-2H2. The number of nitrogens with zero attached hydrogens (tertiary/aromatic N) is 10. The Bertz CT molecular complexity index is 1550. The van der Waals surface area contributed by atoms with Gasteiger partial charge in [-0.25, -0.2) is 52.0 Å². The van der Waals surface area contributed by atoms with Crippen molar-refractivity contribution in [3.05, 3.63) is 67.4 Å². The molecule has 0 atom stereocenters. The van der Waals surface area contributed by atoms with Gasteiger partial charge in [0.2, 0.25) is 0 Å². The summed E-state index contributed by atoms with van der Waals surface area (Å²) in [6.07, 6.45) is 0. The Morgan fingerprint density at radius 2 is 0.816 bits per heavy atom. The number of fused-ring (bicyclic) bond motifs is 1. The molecule has 0 N–H and O–H groups in total. The van der Waals surface area contributed by atoms with E-state index in [1.54, 1.807) is 0 Å². The third-order valence-corrected chi connectivity index (χ3v) is 8.29. The van der Waals surface area contributed by atoms with Crippen molar-refractivity contribution in [2.75, 3.05) is 13.1 Å². The summed E-state index contributed by atoms with van der Waals surface area (Å²) in [5.41, 5.74) is 12.8. The Hall–Kier alpha value is -3.76. The minimum absolute atomic E-state index is 0.0245. The predicted octanol–water partition coefficient (Wildman–Crippen LogP) is 3.66. The molecule has 2 bridgehead atoms. The zero-order valence-electron chi connectivity index (χ0n) is 17.4. The van der Waals surface area contributed by atoms with Gasteiger partial charge in [0, 0.05) is 9.82 Å². The normalized spacial score (nSPS) is 19.6. The van der Waals surface area contributed by atoms with Gasteiger partial charge in [-0.1, -0.05) is 10.2 Å². The Morgan fingerprint density at radius 3 is 1.05 bits per heavy atom. The summed E-state index contributed by atoms with van der Waals surface area (Å²) >= 11 is 0. The van der Waals surface area contributed by atoms with E-state index in [0.29, 0.717) is 0 Å². The lowest BCUT2D eigenvalue weighted by atomic mass is 10.2. The molecule has 2 aromatic rings. The van der Waals surface area contributed by atoms with Gasteiger partial charge < -0.3 is 0 Å². The Kier molecular flexibility index (Phi) is 6.40. The molecular weight excluding hydrogens is 588 g/mol. The molecule has 0 amide bonds. The average molecular weight is 592 g/mol. The minimum atomic E-state index is -5.78. The summed E-state index contributed by atoms with van der Waals surface area (Å²) in [5.74, 6) is -20.0. The highest BCUT2D eigenvalue weighted by molar-refractivity contribution is 7.90. The second-order valence-electron chi connectivity index (χ2n) is 6.89. The number of sulfonamides is 2. The fraction of sp³-hybridized carbons (Fsp3) is 0.143. The monoisotopic (exact) mass is 592 g/mol. The smallest absolute Gasteiger partial charge is 0.204 e. The molecule has 3 heterocycles. The first-order valence-electron chi connectivity index (χ1n) is 9.13. The number of hydrogen-bond donors (Lipinski definition) is 0. The van der Waals surface area contributed by atoms with E-state index < -0.39 is 101 Å². The van der Waals surface area contributed by atoms with Gasteiger partial charge in [0.1, 0.15) is 11.4 Å². The summed E-state index contributed by atoms with van der Waals surface area (Å²) < 4.78 is 165. The van der Waals surface area contributed by atoms with Gasteiger partial charge in [0.05, 0.1) is 13.1 Å². The molecule has 3 aliphatic rings. The molecule has 3 fully saturated rings. The van der Waals surface area contributed by atoms with E-state index in [1.165, 1.54) is 0 Å². The average Bonchev–Trinajstić information content (AvgIpc) is 3.46. The number of halogens is 8. The summed E-state index contributed by atoms with van der Waals surface area (Å²) in [4.78, 5) is -0.767. The first-order valence-corrected chi connectivity index (χ1v) is 12.0. The van der Waals surface area contributed by atoms with Crippen molar-refractivity contribution in [3.8, 4) is 0 Å². The van der Waals surface area contributed by atoms with Crippen LogP contribution in [0.25, 0.3) is 20.9 Å². The van der Waals surface area contributed by atoms with Gasteiger partial charge in [-0.15, -0.1) is 10.2 Å². The summed E-state index contributed by atoms with van der Waals surface area (Å²) in [7, 11) is -11.6. The van der Waals surface area contributed by atoms with E-state index in [-0.39, 0.29) is 19.3 Å². The van der Waals surface area contributed by atoms with E-state index in [9.17, 15) is 52.0 Å².